The van der Waals surface area contributed by atoms with Crippen LogP contribution in [0.3, 0.4) is 0 Å². The van der Waals surface area contributed by atoms with E-state index in [-0.39, 0.29) is 12.3 Å². The fourth-order valence-corrected chi connectivity index (χ4v) is 2.08. The highest BCUT2D eigenvalue weighted by Crippen LogP contribution is 2.17. The second-order valence-corrected chi connectivity index (χ2v) is 5.44. The molecule has 6 nitrogen and oxygen atoms in total. The quantitative estimate of drug-likeness (QED) is 0.709. The van der Waals surface area contributed by atoms with Gasteiger partial charge in [0.05, 0.1) is 12.3 Å². The predicted molar refractivity (Wildman–Crippen MR) is 62.0 cm³/mol. The SMILES string of the molecule is CC(C(=O)O)S(=O)(=O)Nc1ccccc1CO. The molecule has 1 aromatic rings. The Kier molecular flexibility index (Phi) is 4.08. The van der Waals surface area contributed by atoms with E-state index in [4.69, 9.17) is 10.2 Å². The molecule has 0 heterocycles. The van der Waals surface area contributed by atoms with Crippen LogP contribution >= 0.6 is 0 Å². The number of aliphatic carboxylic acids is 1. The van der Waals surface area contributed by atoms with Gasteiger partial charge in [0, 0.05) is 5.56 Å². The van der Waals surface area contributed by atoms with Gasteiger partial charge in [-0.3, -0.25) is 9.52 Å². The highest BCUT2D eigenvalue weighted by Gasteiger charge is 2.27. The summed E-state index contributed by atoms with van der Waals surface area (Å²) in [5, 5.41) is 16.1. The zero-order valence-electron chi connectivity index (χ0n) is 9.12. The smallest absolute Gasteiger partial charge is 0.323 e. The number of sulfonamides is 1. The first-order valence-corrected chi connectivity index (χ1v) is 6.36. The van der Waals surface area contributed by atoms with Crippen molar-refractivity contribution >= 4 is 21.7 Å². The van der Waals surface area contributed by atoms with E-state index in [1.165, 1.54) is 6.07 Å². The van der Waals surface area contributed by atoms with E-state index in [1.807, 2.05) is 0 Å². The molecule has 17 heavy (non-hydrogen) atoms. The van der Waals surface area contributed by atoms with Gasteiger partial charge in [0.25, 0.3) is 0 Å². The summed E-state index contributed by atoms with van der Waals surface area (Å²) < 4.78 is 25.4. The average Bonchev–Trinajstić information content (AvgIpc) is 2.28. The molecule has 0 fully saturated rings. The van der Waals surface area contributed by atoms with E-state index in [0.29, 0.717) is 5.56 Å². The van der Waals surface area contributed by atoms with Crippen LogP contribution in [0.2, 0.25) is 0 Å². The number of carbonyl (C=O) groups is 1. The van der Waals surface area contributed by atoms with Gasteiger partial charge in [-0.15, -0.1) is 0 Å². The van der Waals surface area contributed by atoms with E-state index in [1.54, 1.807) is 18.2 Å². The number of nitrogens with one attached hydrogen (secondary N) is 1. The van der Waals surface area contributed by atoms with E-state index < -0.39 is 21.2 Å². The summed E-state index contributed by atoms with van der Waals surface area (Å²) in [5.41, 5.74) is 0.566. The molecule has 0 aromatic heterocycles. The van der Waals surface area contributed by atoms with Crippen LogP contribution < -0.4 is 4.72 Å². The maximum atomic E-state index is 11.6. The highest BCUT2D eigenvalue weighted by molar-refractivity contribution is 7.94. The van der Waals surface area contributed by atoms with E-state index in [0.717, 1.165) is 6.92 Å². The van der Waals surface area contributed by atoms with Crippen LogP contribution in [0.25, 0.3) is 0 Å². The van der Waals surface area contributed by atoms with Crippen molar-refractivity contribution in [1.29, 1.82) is 0 Å². The third-order valence-electron chi connectivity index (χ3n) is 2.25. The summed E-state index contributed by atoms with van der Waals surface area (Å²) in [6.45, 7) is 0.742. The number of benzene rings is 1. The summed E-state index contributed by atoms with van der Waals surface area (Å²) in [7, 11) is -4.01. The van der Waals surface area contributed by atoms with Crippen LogP contribution in [-0.2, 0) is 21.4 Å². The second-order valence-electron chi connectivity index (χ2n) is 3.44. The zero-order chi connectivity index (χ0) is 13.1. The first-order chi connectivity index (χ1) is 7.88. The van der Waals surface area contributed by atoms with Crippen LogP contribution in [0, 0.1) is 0 Å². The Morgan fingerprint density at radius 1 is 1.41 bits per heavy atom. The molecule has 0 aliphatic heterocycles. The van der Waals surface area contributed by atoms with Crippen LogP contribution in [-0.4, -0.2) is 29.9 Å². The van der Waals surface area contributed by atoms with Crippen molar-refractivity contribution in [1.82, 2.24) is 0 Å². The average molecular weight is 259 g/mol. The maximum Gasteiger partial charge on any atom is 0.323 e. The largest absolute Gasteiger partial charge is 0.480 e. The van der Waals surface area contributed by atoms with Gasteiger partial charge < -0.3 is 10.2 Å². The van der Waals surface area contributed by atoms with Crippen molar-refractivity contribution in [3.63, 3.8) is 0 Å². The van der Waals surface area contributed by atoms with Gasteiger partial charge >= 0.3 is 5.97 Å². The zero-order valence-corrected chi connectivity index (χ0v) is 9.94. The van der Waals surface area contributed by atoms with Gasteiger partial charge in [0.2, 0.25) is 10.0 Å². The van der Waals surface area contributed by atoms with Gasteiger partial charge in [0.15, 0.2) is 5.25 Å². The van der Waals surface area contributed by atoms with E-state index >= 15 is 0 Å². The number of aliphatic hydroxyl groups is 1. The number of hydrogen-bond donors (Lipinski definition) is 3. The maximum absolute atomic E-state index is 11.6. The van der Waals surface area contributed by atoms with Crippen molar-refractivity contribution in [2.45, 2.75) is 18.8 Å². The summed E-state index contributed by atoms with van der Waals surface area (Å²) in [6, 6.07) is 6.23. The van der Waals surface area contributed by atoms with Gasteiger partial charge in [-0.25, -0.2) is 8.42 Å². The van der Waals surface area contributed by atoms with Gasteiger partial charge in [-0.2, -0.15) is 0 Å². The summed E-state index contributed by atoms with van der Waals surface area (Å²) in [5.74, 6) is -1.43. The fraction of sp³-hybridized carbons (Fsp3) is 0.300. The van der Waals surface area contributed by atoms with E-state index in [9.17, 15) is 13.2 Å². The lowest BCUT2D eigenvalue weighted by molar-refractivity contribution is -0.136. The molecule has 0 aliphatic carbocycles. The van der Waals surface area contributed by atoms with Gasteiger partial charge in [-0.05, 0) is 13.0 Å². The second kappa shape index (κ2) is 5.15. The molecule has 1 aromatic carbocycles. The molecule has 1 atom stereocenters. The van der Waals surface area contributed by atoms with Crippen molar-refractivity contribution in [2.24, 2.45) is 0 Å². The minimum absolute atomic E-state index is 0.183. The predicted octanol–water partition coefficient (Wildman–Crippen LogP) is 0.394. The molecule has 0 amide bonds. The Hall–Kier alpha value is -1.60. The molecular formula is C10H13NO5S. The number of anilines is 1. The summed E-state index contributed by atoms with van der Waals surface area (Å²) in [4.78, 5) is 10.6. The molecule has 0 radical (unpaired) electrons. The molecule has 0 saturated heterocycles. The van der Waals surface area contributed by atoms with Crippen molar-refractivity contribution in [3.05, 3.63) is 29.8 Å². The molecule has 1 rings (SSSR count). The normalized spacial score (nSPS) is 13.1. The third-order valence-corrected chi connectivity index (χ3v) is 3.89. The Bertz CT molecular complexity index is 511. The number of rotatable bonds is 5. The lowest BCUT2D eigenvalue weighted by Crippen LogP contribution is -2.32. The van der Waals surface area contributed by atoms with Crippen molar-refractivity contribution in [3.8, 4) is 0 Å². The highest BCUT2D eigenvalue weighted by atomic mass is 32.2. The Morgan fingerprint density at radius 3 is 2.53 bits per heavy atom. The molecule has 0 spiro atoms. The fourth-order valence-electron chi connectivity index (χ4n) is 1.13. The monoisotopic (exact) mass is 259 g/mol. The number of hydrogen-bond acceptors (Lipinski definition) is 4. The minimum atomic E-state index is -4.01. The van der Waals surface area contributed by atoms with Crippen LogP contribution in [0.1, 0.15) is 12.5 Å². The molecular weight excluding hydrogens is 246 g/mol. The number of carboxylic acid groups (broad SMARTS) is 1. The molecule has 1 unspecified atom stereocenters. The molecule has 3 N–H and O–H groups in total. The molecule has 94 valence electrons. The number of carboxylic acids is 1. The van der Waals surface area contributed by atoms with Crippen LogP contribution in [0.5, 0.6) is 0 Å². The van der Waals surface area contributed by atoms with Crippen LogP contribution in [0.4, 0.5) is 5.69 Å². The Morgan fingerprint density at radius 2 is 2.00 bits per heavy atom. The Balaban J connectivity index is 3.02. The molecule has 7 heteroatoms. The summed E-state index contributed by atoms with van der Waals surface area (Å²) in [6.07, 6.45) is 0. The number of para-hydroxylation sites is 1. The van der Waals surface area contributed by atoms with E-state index in [2.05, 4.69) is 4.72 Å². The number of aliphatic hydroxyl groups excluding tert-OH is 1. The van der Waals surface area contributed by atoms with Crippen molar-refractivity contribution in [2.75, 3.05) is 4.72 Å². The molecule has 0 bridgehead atoms. The van der Waals surface area contributed by atoms with Gasteiger partial charge in [0.1, 0.15) is 0 Å². The first kappa shape index (κ1) is 13.5. The minimum Gasteiger partial charge on any atom is -0.480 e. The first-order valence-electron chi connectivity index (χ1n) is 4.81. The lowest BCUT2D eigenvalue weighted by Gasteiger charge is -2.13. The molecule has 0 aliphatic rings. The van der Waals surface area contributed by atoms with Crippen LogP contribution in [0.15, 0.2) is 24.3 Å². The van der Waals surface area contributed by atoms with Gasteiger partial charge in [-0.1, -0.05) is 18.2 Å². The summed E-state index contributed by atoms with van der Waals surface area (Å²) >= 11 is 0. The third kappa shape index (κ3) is 3.18. The standard InChI is InChI=1S/C10H13NO5S/c1-7(10(13)14)17(15,16)11-9-5-3-2-4-8(9)6-12/h2-5,7,11-12H,6H2,1H3,(H,13,14). The lowest BCUT2D eigenvalue weighted by atomic mass is 10.2. The molecule has 0 saturated carbocycles. The topological polar surface area (TPSA) is 104 Å². The Labute approximate surface area is 99.0 Å². The van der Waals surface area contributed by atoms with Crippen molar-refractivity contribution < 1.29 is 23.4 Å².